The zero-order chi connectivity index (χ0) is 27.2. The highest BCUT2D eigenvalue weighted by molar-refractivity contribution is 6.30. The Bertz CT molecular complexity index is 1290. The maximum atomic E-state index is 13.8. The Morgan fingerprint density at radius 2 is 1.82 bits per heavy atom. The monoisotopic (exact) mass is 550 g/mol. The maximum Gasteiger partial charge on any atom is 0.290 e. The van der Waals surface area contributed by atoms with Crippen LogP contribution in [0.4, 0.5) is 0 Å². The molecule has 0 bridgehead atoms. The fourth-order valence-corrected chi connectivity index (χ4v) is 4.90. The summed E-state index contributed by atoms with van der Waals surface area (Å²) in [6.45, 7) is 3.76. The third-order valence-electron chi connectivity index (χ3n) is 6.98. The van der Waals surface area contributed by atoms with E-state index in [0.29, 0.717) is 37.7 Å². The number of halogens is 1. The first-order valence-electron chi connectivity index (χ1n) is 12.9. The quantitative estimate of drug-likeness (QED) is 0.399. The largest absolute Gasteiger partial charge is 0.497 e. The Kier molecular flexibility index (Phi) is 8.61. The van der Waals surface area contributed by atoms with E-state index in [2.05, 4.69) is 4.90 Å². The highest BCUT2D eigenvalue weighted by atomic mass is 35.5. The van der Waals surface area contributed by atoms with Gasteiger partial charge in [-0.05, 0) is 59.7 Å². The van der Waals surface area contributed by atoms with Crippen molar-refractivity contribution in [2.75, 3.05) is 53.0 Å². The van der Waals surface area contributed by atoms with Gasteiger partial charge in [0.2, 0.25) is 0 Å². The van der Waals surface area contributed by atoms with Gasteiger partial charge in [0.1, 0.15) is 12.3 Å². The summed E-state index contributed by atoms with van der Waals surface area (Å²) in [6.07, 6.45) is 1.98. The van der Waals surface area contributed by atoms with Crippen molar-refractivity contribution < 1.29 is 23.5 Å². The second kappa shape index (κ2) is 12.5. The molecule has 1 saturated heterocycles. The molecule has 1 aromatic heterocycles. The number of methoxy groups -OCH3 is 1. The third kappa shape index (κ3) is 6.50. The molecule has 9 nitrogen and oxygen atoms in total. The van der Waals surface area contributed by atoms with E-state index in [0.717, 1.165) is 35.7 Å². The van der Waals surface area contributed by atoms with Crippen LogP contribution in [0.3, 0.4) is 0 Å². The topological polar surface area (TPSA) is 87.8 Å². The normalized spacial score (nSPS) is 17.6. The summed E-state index contributed by atoms with van der Waals surface area (Å²) in [6, 6.07) is 18.0. The molecule has 2 aliphatic rings. The predicted molar refractivity (Wildman–Crippen MR) is 147 cm³/mol. The molecule has 0 N–H and O–H groups in total. The van der Waals surface area contributed by atoms with E-state index in [1.54, 1.807) is 31.4 Å². The molecule has 1 atom stereocenters. The van der Waals surface area contributed by atoms with Crippen LogP contribution in [-0.2, 0) is 9.53 Å². The highest BCUT2D eigenvalue weighted by Crippen LogP contribution is 2.34. The Hall–Kier alpha value is -3.66. The lowest BCUT2D eigenvalue weighted by Crippen LogP contribution is -2.46. The summed E-state index contributed by atoms with van der Waals surface area (Å²) in [4.78, 5) is 30.9. The zero-order valence-electron chi connectivity index (χ0n) is 21.8. The van der Waals surface area contributed by atoms with Gasteiger partial charge in [-0.15, -0.1) is 0 Å². The first-order chi connectivity index (χ1) is 19.0. The molecule has 5 rings (SSSR count). The lowest BCUT2D eigenvalue weighted by molar-refractivity contribution is -0.133. The first-order valence-corrected chi connectivity index (χ1v) is 13.3. The van der Waals surface area contributed by atoms with Crippen molar-refractivity contribution in [3.8, 4) is 5.75 Å². The third-order valence-corrected chi connectivity index (χ3v) is 7.23. The van der Waals surface area contributed by atoms with Crippen LogP contribution < -0.4 is 4.74 Å². The van der Waals surface area contributed by atoms with Crippen LogP contribution in [0.5, 0.6) is 5.75 Å². The lowest BCUT2D eigenvalue weighted by Gasteiger charge is -2.30. The van der Waals surface area contributed by atoms with Crippen LogP contribution in [0.2, 0.25) is 5.02 Å². The molecule has 0 radical (unpaired) electrons. The molecule has 0 saturated carbocycles. The van der Waals surface area contributed by atoms with Gasteiger partial charge in [-0.25, -0.2) is 5.01 Å². The molecule has 0 aliphatic carbocycles. The summed E-state index contributed by atoms with van der Waals surface area (Å²) < 4.78 is 16.1. The molecule has 39 heavy (non-hydrogen) atoms. The molecule has 2 amide bonds. The molecular weight excluding hydrogens is 520 g/mol. The predicted octanol–water partition coefficient (Wildman–Crippen LogP) is 4.09. The second-order valence-electron chi connectivity index (χ2n) is 9.44. The van der Waals surface area contributed by atoms with Gasteiger partial charge in [0.15, 0.2) is 5.76 Å². The van der Waals surface area contributed by atoms with Crippen molar-refractivity contribution >= 4 is 29.1 Å². The molecule has 0 spiro atoms. The van der Waals surface area contributed by atoms with Crippen LogP contribution in [0, 0.1) is 0 Å². The lowest BCUT2D eigenvalue weighted by atomic mass is 9.98. The number of morpholine rings is 1. The van der Waals surface area contributed by atoms with Gasteiger partial charge < -0.3 is 18.8 Å². The fourth-order valence-electron chi connectivity index (χ4n) is 4.77. The number of hydrogen-bond acceptors (Lipinski definition) is 7. The Morgan fingerprint density at radius 3 is 2.49 bits per heavy atom. The number of carbonyl (C=O) groups is 2. The average Bonchev–Trinajstić information content (AvgIpc) is 3.67. The van der Waals surface area contributed by atoms with Crippen molar-refractivity contribution in [3.63, 3.8) is 0 Å². The van der Waals surface area contributed by atoms with Crippen LogP contribution in [0.25, 0.3) is 0 Å². The first kappa shape index (κ1) is 26.9. The van der Waals surface area contributed by atoms with Crippen molar-refractivity contribution in [2.24, 2.45) is 5.10 Å². The van der Waals surface area contributed by atoms with E-state index < -0.39 is 0 Å². The molecule has 3 aromatic rings. The fraction of sp³-hybridized carbons (Fsp3) is 0.345. The molecule has 0 unspecified atom stereocenters. The van der Waals surface area contributed by atoms with Gasteiger partial charge in [-0.1, -0.05) is 23.7 Å². The van der Waals surface area contributed by atoms with Crippen molar-refractivity contribution in [1.82, 2.24) is 14.8 Å². The van der Waals surface area contributed by atoms with Crippen LogP contribution >= 0.6 is 11.6 Å². The average molecular weight is 551 g/mol. The number of nitrogens with zero attached hydrogens (tertiary/aromatic N) is 4. The van der Waals surface area contributed by atoms with E-state index in [1.165, 1.54) is 16.2 Å². The molecule has 204 valence electrons. The molecule has 10 heteroatoms. The zero-order valence-corrected chi connectivity index (χ0v) is 22.5. The standard InChI is InChI=1S/C29H31ClN4O5/c1-37-24-10-6-21(7-11-24)25-19-26(22-4-8-23(30)9-5-22)34(31-25)28(35)20-33(29(36)27-3-2-16-39-27)13-12-32-14-17-38-18-15-32/h2-11,16,26H,12-15,17-20H2,1H3/t26-/m1/s1. The van der Waals surface area contributed by atoms with E-state index >= 15 is 0 Å². The van der Waals surface area contributed by atoms with Crippen molar-refractivity contribution in [3.05, 3.63) is 88.8 Å². The van der Waals surface area contributed by atoms with Crippen LogP contribution in [0.1, 0.15) is 34.1 Å². The molecular formula is C29H31ClN4O5. The summed E-state index contributed by atoms with van der Waals surface area (Å²) in [5.41, 5.74) is 2.60. The minimum atomic E-state index is -0.330. The van der Waals surface area contributed by atoms with Gasteiger partial charge in [-0.2, -0.15) is 5.10 Å². The summed E-state index contributed by atoms with van der Waals surface area (Å²) in [5, 5.41) is 6.87. The summed E-state index contributed by atoms with van der Waals surface area (Å²) >= 11 is 6.14. The number of benzene rings is 2. The minimum Gasteiger partial charge on any atom is -0.497 e. The number of hydrazone groups is 1. The summed E-state index contributed by atoms with van der Waals surface area (Å²) in [7, 11) is 1.62. The van der Waals surface area contributed by atoms with Gasteiger partial charge in [0.05, 0.1) is 38.3 Å². The summed E-state index contributed by atoms with van der Waals surface area (Å²) in [5.74, 6) is 0.332. The number of amides is 2. The molecule has 3 heterocycles. The van der Waals surface area contributed by atoms with E-state index in [4.69, 9.17) is 30.6 Å². The van der Waals surface area contributed by atoms with Gasteiger partial charge in [0, 0.05) is 37.6 Å². The van der Waals surface area contributed by atoms with Crippen molar-refractivity contribution in [2.45, 2.75) is 12.5 Å². The number of hydrogen-bond donors (Lipinski definition) is 0. The number of carbonyl (C=O) groups excluding carboxylic acids is 2. The van der Waals surface area contributed by atoms with E-state index in [9.17, 15) is 9.59 Å². The number of ether oxygens (including phenoxy) is 2. The Labute approximate surface area is 232 Å². The van der Waals surface area contributed by atoms with Crippen LogP contribution in [0.15, 0.2) is 76.4 Å². The van der Waals surface area contributed by atoms with E-state index in [-0.39, 0.29) is 30.2 Å². The van der Waals surface area contributed by atoms with Crippen LogP contribution in [-0.4, -0.2) is 85.4 Å². The highest BCUT2D eigenvalue weighted by Gasteiger charge is 2.35. The van der Waals surface area contributed by atoms with Gasteiger partial charge in [0.25, 0.3) is 11.8 Å². The Morgan fingerprint density at radius 1 is 1.08 bits per heavy atom. The molecule has 1 fully saturated rings. The minimum absolute atomic E-state index is 0.132. The second-order valence-corrected chi connectivity index (χ2v) is 9.88. The smallest absolute Gasteiger partial charge is 0.290 e. The SMILES string of the molecule is COc1ccc(C2=NN(C(=O)CN(CCN3CCOCC3)C(=O)c3ccco3)[C@@H](c3ccc(Cl)cc3)C2)cc1. The number of rotatable bonds is 9. The van der Waals surface area contributed by atoms with Gasteiger partial charge in [-0.3, -0.25) is 14.5 Å². The Balaban J connectivity index is 1.39. The maximum absolute atomic E-state index is 13.8. The van der Waals surface area contributed by atoms with Gasteiger partial charge >= 0.3 is 0 Å². The van der Waals surface area contributed by atoms with Crippen molar-refractivity contribution in [1.29, 1.82) is 0 Å². The van der Waals surface area contributed by atoms with E-state index in [1.807, 2.05) is 36.4 Å². The molecule has 2 aliphatic heterocycles. The molecule has 2 aromatic carbocycles. The number of furan rings is 1.